The molecule has 182 valence electrons. The highest BCUT2D eigenvalue weighted by molar-refractivity contribution is 6.19. The first kappa shape index (κ1) is 27.4. The molecule has 2 rings (SSSR count). The molecule has 0 saturated carbocycles. The van der Waals surface area contributed by atoms with E-state index in [4.69, 9.17) is 16.9 Å². The van der Waals surface area contributed by atoms with Gasteiger partial charge in [0.15, 0.2) is 0 Å². The molecule has 1 heterocycles. The van der Waals surface area contributed by atoms with Gasteiger partial charge in [-0.25, -0.2) is 5.01 Å². The molecule has 34 heavy (non-hydrogen) atoms. The van der Waals surface area contributed by atoms with Gasteiger partial charge >= 0.3 is 0 Å². The van der Waals surface area contributed by atoms with E-state index >= 15 is 0 Å². The van der Waals surface area contributed by atoms with Crippen LogP contribution in [0.25, 0.3) is 0 Å². The van der Waals surface area contributed by atoms with Crippen LogP contribution in [0.15, 0.2) is 64.1 Å². The highest BCUT2D eigenvalue weighted by Gasteiger charge is 2.25. The standard InChI is InChI=1S/C27H35ClN4O2/c1-20(22(3)32(30-4)21(2)9-10-24(18-28)19-29)17-25-7-5-6-8-26(25)27(34)31-14-11-23(12-15-31)13-16-33/h5-10,23,33H,4,11-18H2,1-3H3/b21-9+,22-20+,24-10+. The number of benzene rings is 1. The van der Waals surface area contributed by atoms with E-state index < -0.39 is 0 Å². The Labute approximate surface area is 208 Å². The van der Waals surface area contributed by atoms with E-state index in [0.717, 1.165) is 60.4 Å². The second-order valence-electron chi connectivity index (χ2n) is 8.65. The van der Waals surface area contributed by atoms with Crippen LogP contribution in [0.2, 0.25) is 0 Å². The van der Waals surface area contributed by atoms with Crippen LogP contribution in [0.4, 0.5) is 0 Å². The summed E-state index contributed by atoms with van der Waals surface area (Å²) in [6, 6.07) is 9.82. The number of alkyl halides is 1. The van der Waals surface area contributed by atoms with Gasteiger partial charge < -0.3 is 10.0 Å². The van der Waals surface area contributed by atoms with Crippen molar-refractivity contribution in [2.75, 3.05) is 25.6 Å². The summed E-state index contributed by atoms with van der Waals surface area (Å²) < 4.78 is 0. The number of hydrogen-bond acceptors (Lipinski definition) is 5. The number of hydrazone groups is 1. The topological polar surface area (TPSA) is 79.9 Å². The monoisotopic (exact) mass is 482 g/mol. The lowest BCUT2D eigenvalue weighted by Crippen LogP contribution is -2.39. The minimum Gasteiger partial charge on any atom is -0.396 e. The highest BCUT2D eigenvalue weighted by Crippen LogP contribution is 2.25. The Bertz CT molecular complexity index is 998. The summed E-state index contributed by atoms with van der Waals surface area (Å²) >= 11 is 5.77. The first-order valence-corrected chi connectivity index (χ1v) is 12.1. The maximum absolute atomic E-state index is 13.3. The molecular formula is C27H35ClN4O2. The van der Waals surface area contributed by atoms with Crippen LogP contribution in [0.1, 0.15) is 56.0 Å². The summed E-state index contributed by atoms with van der Waals surface area (Å²) in [5.41, 5.74) is 4.94. The van der Waals surface area contributed by atoms with Crippen molar-refractivity contribution in [2.24, 2.45) is 11.0 Å². The fourth-order valence-electron chi connectivity index (χ4n) is 4.14. The van der Waals surface area contributed by atoms with Crippen LogP contribution in [0.5, 0.6) is 0 Å². The molecule has 0 aromatic heterocycles. The molecule has 1 aromatic rings. The van der Waals surface area contributed by atoms with Crippen molar-refractivity contribution in [1.29, 1.82) is 5.26 Å². The van der Waals surface area contributed by atoms with E-state index in [2.05, 4.69) is 17.9 Å². The average molecular weight is 483 g/mol. The number of amides is 1. The number of aliphatic hydroxyl groups is 1. The third kappa shape index (κ3) is 7.31. The van der Waals surface area contributed by atoms with Gasteiger partial charge in [0.05, 0.1) is 11.9 Å². The fraction of sp³-hybridized carbons (Fsp3) is 0.444. The molecule has 0 atom stereocenters. The van der Waals surface area contributed by atoms with Crippen LogP contribution >= 0.6 is 11.6 Å². The summed E-state index contributed by atoms with van der Waals surface area (Å²) in [7, 11) is 0. The molecular weight excluding hydrogens is 448 g/mol. The Morgan fingerprint density at radius 3 is 2.56 bits per heavy atom. The Morgan fingerprint density at radius 2 is 1.97 bits per heavy atom. The third-order valence-corrected chi connectivity index (χ3v) is 6.65. The molecule has 6 nitrogen and oxygen atoms in total. The number of piperidine rings is 1. The number of nitrogens with zero attached hydrogens (tertiary/aromatic N) is 4. The minimum absolute atomic E-state index is 0.0634. The van der Waals surface area contributed by atoms with Crippen molar-refractivity contribution in [3.05, 3.63) is 70.1 Å². The second kappa shape index (κ2) is 13.7. The lowest BCUT2D eigenvalue weighted by atomic mass is 9.92. The lowest BCUT2D eigenvalue weighted by molar-refractivity contribution is 0.0677. The second-order valence-corrected chi connectivity index (χ2v) is 8.91. The molecule has 0 aliphatic carbocycles. The normalized spacial score (nSPS) is 16.1. The quantitative estimate of drug-likeness (QED) is 0.162. The lowest BCUT2D eigenvalue weighted by Gasteiger charge is -2.32. The van der Waals surface area contributed by atoms with Crippen molar-refractivity contribution in [3.8, 4) is 6.07 Å². The van der Waals surface area contributed by atoms with Crippen molar-refractivity contribution < 1.29 is 9.90 Å². The average Bonchev–Trinajstić information content (AvgIpc) is 2.85. The molecule has 1 fully saturated rings. The smallest absolute Gasteiger partial charge is 0.254 e. The minimum atomic E-state index is 0.0634. The van der Waals surface area contributed by atoms with Gasteiger partial charge in [0.2, 0.25) is 0 Å². The molecule has 1 aromatic carbocycles. The fourth-order valence-corrected chi connectivity index (χ4v) is 4.29. The predicted molar refractivity (Wildman–Crippen MR) is 138 cm³/mol. The highest BCUT2D eigenvalue weighted by atomic mass is 35.5. The predicted octanol–water partition coefficient (Wildman–Crippen LogP) is 5.27. The number of nitriles is 1. The zero-order valence-electron chi connectivity index (χ0n) is 20.4. The van der Waals surface area contributed by atoms with Gasteiger partial charge in [0.1, 0.15) is 0 Å². The molecule has 1 amide bonds. The molecule has 1 aliphatic heterocycles. The van der Waals surface area contributed by atoms with Crippen molar-refractivity contribution in [3.63, 3.8) is 0 Å². The summed E-state index contributed by atoms with van der Waals surface area (Å²) in [6.07, 6.45) is 6.76. The van der Waals surface area contributed by atoms with Gasteiger partial charge in [-0.2, -0.15) is 10.4 Å². The first-order valence-electron chi connectivity index (χ1n) is 11.6. The molecule has 7 heteroatoms. The van der Waals surface area contributed by atoms with Gasteiger partial charge in [-0.3, -0.25) is 4.79 Å². The molecule has 0 spiro atoms. The SMILES string of the molecule is C=NN(/C(C)=C/C=C(/C#N)CCl)/C(C)=C(\C)Cc1ccccc1C(=O)N1CCC(CCO)CC1. The van der Waals surface area contributed by atoms with Crippen LogP contribution < -0.4 is 0 Å². The number of aliphatic hydroxyl groups excluding tert-OH is 1. The molecule has 1 aliphatic rings. The largest absolute Gasteiger partial charge is 0.396 e. The zero-order chi connectivity index (χ0) is 25.1. The van der Waals surface area contributed by atoms with Gasteiger partial charge in [0.25, 0.3) is 5.91 Å². The maximum Gasteiger partial charge on any atom is 0.254 e. The number of halogens is 1. The number of allylic oxidation sites excluding steroid dienone is 6. The third-order valence-electron chi connectivity index (χ3n) is 6.37. The van der Waals surface area contributed by atoms with Crippen LogP contribution in [-0.2, 0) is 6.42 Å². The van der Waals surface area contributed by atoms with Crippen LogP contribution in [-0.4, -0.2) is 53.2 Å². The van der Waals surface area contributed by atoms with Crippen molar-refractivity contribution in [2.45, 2.75) is 46.5 Å². The van der Waals surface area contributed by atoms with Crippen LogP contribution in [0, 0.1) is 17.2 Å². The van der Waals surface area contributed by atoms with E-state index in [0.29, 0.717) is 17.9 Å². The Balaban J connectivity index is 2.22. The van der Waals surface area contributed by atoms with Crippen molar-refractivity contribution >= 4 is 24.2 Å². The molecule has 0 unspecified atom stereocenters. The first-order chi connectivity index (χ1) is 16.4. The zero-order valence-corrected chi connectivity index (χ0v) is 21.2. The number of carbonyl (C=O) groups is 1. The van der Waals surface area contributed by atoms with E-state index in [-0.39, 0.29) is 18.4 Å². The van der Waals surface area contributed by atoms with E-state index in [9.17, 15) is 9.90 Å². The van der Waals surface area contributed by atoms with Crippen molar-refractivity contribution in [1.82, 2.24) is 9.91 Å². The van der Waals surface area contributed by atoms with Gasteiger partial charge in [-0.1, -0.05) is 18.2 Å². The van der Waals surface area contributed by atoms with E-state index in [1.807, 2.05) is 49.9 Å². The number of likely N-dealkylation sites (tertiary alicyclic amines) is 1. The molecule has 1 N–H and O–H groups in total. The molecule has 0 radical (unpaired) electrons. The number of rotatable bonds is 10. The maximum atomic E-state index is 13.3. The summed E-state index contributed by atoms with van der Waals surface area (Å²) in [5, 5.41) is 24.1. The van der Waals surface area contributed by atoms with E-state index in [1.54, 1.807) is 17.2 Å². The molecule has 1 saturated heterocycles. The number of carbonyl (C=O) groups excluding carboxylic acids is 1. The van der Waals surface area contributed by atoms with Gasteiger partial charge in [-0.05, 0) is 81.7 Å². The Hall–Kier alpha value is -2.88. The number of hydrogen-bond donors (Lipinski definition) is 1. The van der Waals surface area contributed by atoms with Gasteiger partial charge in [-0.15, -0.1) is 11.6 Å². The summed E-state index contributed by atoms with van der Waals surface area (Å²) in [5.74, 6) is 0.711. The summed E-state index contributed by atoms with van der Waals surface area (Å²) in [6.45, 7) is 11.2. The van der Waals surface area contributed by atoms with Crippen LogP contribution in [0.3, 0.4) is 0 Å². The van der Waals surface area contributed by atoms with Gasteiger partial charge in [0, 0.05) is 48.9 Å². The molecule has 0 bridgehead atoms. The van der Waals surface area contributed by atoms with E-state index in [1.165, 1.54) is 0 Å². The summed E-state index contributed by atoms with van der Waals surface area (Å²) in [4.78, 5) is 15.2. The Morgan fingerprint density at radius 1 is 1.29 bits per heavy atom. The Kier molecular flexibility index (Phi) is 11.1.